The number of anilines is 1. The monoisotopic (exact) mass is 256 g/mol. The summed E-state index contributed by atoms with van der Waals surface area (Å²) in [5.74, 6) is 0.364. The van der Waals surface area contributed by atoms with Crippen molar-refractivity contribution in [1.82, 2.24) is 4.98 Å². The van der Waals surface area contributed by atoms with E-state index >= 15 is 0 Å². The molecule has 0 spiro atoms. The fourth-order valence-electron chi connectivity index (χ4n) is 1.81. The van der Waals surface area contributed by atoms with Crippen molar-refractivity contribution in [2.24, 2.45) is 0 Å². The molecule has 0 aliphatic heterocycles. The highest BCUT2D eigenvalue weighted by atomic mass is 32.2. The Morgan fingerprint density at radius 3 is 2.41 bits per heavy atom. The van der Waals surface area contributed by atoms with E-state index in [4.69, 9.17) is 0 Å². The molecule has 1 N–H and O–H groups in total. The third-order valence-electron chi connectivity index (χ3n) is 2.71. The van der Waals surface area contributed by atoms with Gasteiger partial charge in [0.25, 0.3) is 0 Å². The summed E-state index contributed by atoms with van der Waals surface area (Å²) in [4.78, 5) is 4.12. The number of pyridine rings is 1. The SMILES string of the molecule is CCCC(C)(C)c1ccc(NS(C)(=O)=O)nc1. The van der Waals surface area contributed by atoms with E-state index in [0.717, 1.165) is 24.7 Å². The summed E-state index contributed by atoms with van der Waals surface area (Å²) in [7, 11) is -3.25. The Labute approximate surface area is 104 Å². The molecule has 0 aliphatic carbocycles. The fourth-order valence-corrected chi connectivity index (χ4v) is 2.31. The van der Waals surface area contributed by atoms with Gasteiger partial charge < -0.3 is 0 Å². The molecule has 0 amide bonds. The highest BCUT2D eigenvalue weighted by molar-refractivity contribution is 7.92. The average molecular weight is 256 g/mol. The number of sulfonamides is 1. The molecule has 1 aromatic heterocycles. The lowest BCUT2D eigenvalue weighted by Gasteiger charge is -2.24. The molecule has 1 heterocycles. The van der Waals surface area contributed by atoms with E-state index in [0.29, 0.717) is 5.82 Å². The first-order valence-electron chi connectivity index (χ1n) is 5.69. The Hall–Kier alpha value is -1.10. The Morgan fingerprint density at radius 2 is 2.00 bits per heavy atom. The largest absolute Gasteiger partial charge is 0.268 e. The quantitative estimate of drug-likeness (QED) is 0.880. The molecule has 1 rings (SSSR count). The minimum absolute atomic E-state index is 0.0748. The second-order valence-corrected chi connectivity index (χ2v) is 6.69. The van der Waals surface area contributed by atoms with Crippen molar-refractivity contribution in [1.29, 1.82) is 0 Å². The summed E-state index contributed by atoms with van der Waals surface area (Å²) in [6.45, 7) is 6.48. The molecule has 1 aromatic rings. The third kappa shape index (κ3) is 4.34. The van der Waals surface area contributed by atoms with Crippen LogP contribution in [0.5, 0.6) is 0 Å². The van der Waals surface area contributed by atoms with Gasteiger partial charge >= 0.3 is 0 Å². The van der Waals surface area contributed by atoms with Crippen molar-refractivity contribution < 1.29 is 8.42 Å². The molecule has 0 bridgehead atoms. The zero-order chi connectivity index (χ0) is 13.1. The van der Waals surface area contributed by atoms with Gasteiger partial charge in [0.1, 0.15) is 5.82 Å². The molecular formula is C12H20N2O2S. The molecule has 96 valence electrons. The molecular weight excluding hydrogens is 236 g/mol. The molecule has 0 saturated heterocycles. The molecule has 5 heteroatoms. The molecule has 0 aromatic carbocycles. The molecule has 0 radical (unpaired) electrons. The van der Waals surface area contributed by atoms with Crippen LogP contribution in [-0.2, 0) is 15.4 Å². The first-order valence-corrected chi connectivity index (χ1v) is 7.58. The van der Waals surface area contributed by atoms with Gasteiger partial charge in [0.15, 0.2) is 0 Å². The van der Waals surface area contributed by atoms with Gasteiger partial charge in [0.05, 0.1) is 6.26 Å². The van der Waals surface area contributed by atoms with Gasteiger partial charge in [-0.25, -0.2) is 13.4 Å². The van der Waals surface area contributed by atoms with Crippen molar-refractivity contribution in [3.8, 4) is 0 Å². The van der Waals surface area contributed by atoms with E-state index in [1.54, 1.807) is 12.3 Å². The Balaban J connectivity index is 2.88. The molecule has 4 nitrogen and oxygen atoms in total. The van der Waals surface area contributed by atoms with Crippen LogP contribution in [0.25, 0.3) is 0 Å². The molecule has 0 saturated carbocycles. The number of hydrogen-bond donors (Lipinski definition) is 1. The first kappa shape index (κ1) is 14.0. The Kier molecular flexibility index (Phi) is 4.14. The minimum Gasteiger partial charge on any atom is -0.268 e. The van der Waals surface area contributed by atoms with Crippen LogP contribution in [0.3, 0.4) is 0 Å². The highest BCUT2D eigenvalue weighted by Crippen LogP contribution is 2.28. The lowest BCUT2D eigenvalue weighted by atomic mass is 9.82. The van der Waals surface area contributed by atoms with E-state index in [-0.39, 0.29) is 5.41 Å². The predicted octanol–water partition coefficient (Wildman–Crippen LogP) is 2.53. The zero-order valence-corrected chi connectivity index (χ0v) is 11.6. The van der Waals surface area contributed by atoms with Gasteiger partial charge in [-0.1, -0.05) is 33.3 Å². The summed E-state index contributed by atoms with van der Waals surface area (Å²) in [5.41, 5.74) is 1.20. The van der Waals surface area contributed by atoms with Crippen LogP contribution < -0.4 is 4.72 Å². The van der Waals surface area contributed by atoms with Gasteiger partial charge in [0, 0.05) is 6.20 Å². The maximum Gasteiger partial charge on any atom is 0.230 e. The van der Waals surface area contributed by atoms with Gasteiger partial charge in [-0.2, -0.15) is 0 Å². The summed E-state index contributed by atoms with van der Waals surface area (Å²) < 4.78 is 24.4. The Bertz CT molecular complexity index is 464. The fraction of sp³-hybridized carbons (Fsp3) is 0.583. The second kappa shape index (κ2) is 5.04. The van der Waals surface area contributed by atoms with Crippen LogP contribution in [0, 0.1) is 0 Å². The van der Waals surface area contributed by atoms with E-state index in [9.17, 15) is 8.42 Å². The van der Waals surface area contributed by atoms with E-state index in [1.165, 1.54) is 0 Å². The summed E-state index contributed by atoms with van der Waals surface area (Å²) in [6.07, 6.45) is 5.04. The lowest BCUT2D eigenvalue weighted by molar-refractivity contribution is 0.472. The van der Waals surface area contributed by atoms with Crippen molar-refractivity contribution in [3.63, 3.8) is 0 Å². The topological polar surface area (TPSA) is 59.1 Å². The van der Waals surface area contributed by atoms with E-state index in [1.807, 2.05) is 6.07 Å². The van der Waals surface area contributed by atoms with Crippen LogP contribution in [-0.4, -0.2) is 19.7 Å². The van der Waals surface area contributed by atoms with Gasteiger partial charge in [-0.05, 0) is 23.5 Å². The van der Waals surface area contributed by atoms with Crippen molar-refractivity contribution in [3.05, 3.63) is 23.9 Å². The molecule has 0 fully saturated rings. The van der Waals surface area contributed by atoms with Crippen LogP contribution in [0.2, 0.25) is 0 Å². The number of rotatable bonds is 5. The number of aromatic nitrogens is 1. The first-order chi connectivity index (χ1) is 7.74. The van der Waals surface area contributed by atoms with Gasteiger partial charge in [-0.15, -0.1) is 0 Å². The smallest absolute Gasteiger partial charge is 0.230 e. The average Bonchev–Trinajstić information content (AvgIpc) is 2.15. The number of nitrogens with zero attached hydrogens (tertiary/aromatic N) is 1. The summed E-state index contributed by atoms with van der Waals surface area (Å²) >= 11 is 0. The minimum atomic E-state index is -3.25. The van der Waals surface area contributed by atoms with Crippen molar-refractivity contribution >= 4 is 15.8 Å². The normalized spacial score (nSPS) is 12.5. The number of nitrogens with one attached hydrogen (secondary N) is 1. The lowest BCUT2D eigenvalue weighted by Crippen LogP contribution is -2.17. The number of hydrogen-bond acceptors (Lipinski definition) is 3. The standard InChI is InChI=1S/C12H20N2O2S/c1-5-8-12(2,3)10-6-7-11(13-9-10)14-17(4,15)16/h6-7,9H,5,8H2,1-4H3,(H,13,14). The van der Waals surface area contributed by atoms with Crippen LogP contribution >= 0.6 is 0 Å². The zero-order valence-electron chi connectivity index (χ0n) is 10.8. The molecule has 17 heavy (non-hydrogen) atoms. The van der Waals surface area contributed by atoms with E-state index in [2.05, 4.69) is 30.5 Å². The Morgan fingerprint density at radius 1 is 1.35 bits per heavy atom. The van der Waals surface area contributed by atoms with Gasteiger partial charge in [0.2, 0.25) is 10.0 Å². The van der Waals surface area contributed by atoms with Crippen LogP contribution in [0.15, 0.2) is 18.3 Å². The van der Waals surface area contributed by atoms with Crippen LogP contribution in [0.1, 0.15) is 39.2 Å². The van der Waals surface area contributed by atoms with Gasteiger partial charge in [-0.3, -0.25) is 4.72 Å². The van der Waals surface area contributed by atoms with Crippen molar-refractivity contribution in [2.75, 3.05) is 11.0 Å². The maximum atomic E-state index is 11.0. The molecule has 0 aliphatic rings. The second-order valence-electron chi connectivity index (χ2n) is 4.94. The maximum absolute atomic E-state index is 11.0. The van der Waals surface area contributed by atoms with Crippen LogP contribution in [0.4, 0.5) is 5.82 Å². The third-order valence-corrected chi connectivity index (χ3v) is 3.29. The molecule has 0 unspecified atom stereocenters. The van der Waals surface area contributed by atoms with E-state index < -0.39 is 10.0 Å². The van der Waals surface area contributed by atoms with Crippen molar-refractivity contribution in [2.45, 2.75) is 39.0 Å². The summed E-state index contributed by atoms with van der Waals surface area (Å²) in [5, 5.41) is 0. The predicted molar refractivity (Wildman–Crippen MR) is 70.6 cm³/mol. The molecule has 0 atom stereocenters. The highest BCUT2D eigenvalue weighted by Gasteiger charge is 2.19. The summed E-state index contributed by atoms with van der Waals surface area (Å²) in [6, 6.07) is 3.63.